The van der Waals surface area contributed by atoms with Gasteiger partial charge in [-0.25, -0.2) is 0 Å². The number of para-hydroxylation sites is 2. The zero-order chi connectivity index (χ0) is 16.5. The molecule has 4 aromatic carbocycles. The minimum atomic E-state index is 0.247. The maximum atomic E-state index is 10.3. The van der Waals surface area contributed by atoms with E-state index in [1.54, 1.807) is 12.1 Å². The Morgan fingerprint density at radius 2 is 0.833 bits per heavy atom. The molecule has 0 saturated carbocycles. The highest BCUT2D eigenvalue weighted by molar-refractivity contribution is 6.07. The summed E-state index contributed by atoms with van der Waals surface area (Å²) in [5, 5.41) is 22.7. The Labute approximate surface area is 140 Å². The van der Waals surface area contributed by atoms with Crippen molar-refractivity contribution in [3.8, 4) is 33.8 Å². The molecule has 4 aromatic rings. The van der Waals surface area contributed by atoms with Crippen LogP contribution in [0.5, 0.6) is 11.5 Å². The molecule has 2 heteroatoms. The molecule has 0 spiro atoms. The van der Waals surface area contributed by atoms with E-state index in [0.717, 1.165) is 33.0 Å². The van der Waals surface area contributed by atoms with Crippen LogP contribution in [0.1, 0.15) is 0 Å². The Morgan fingerprint density at radius 3 is 1.29 bits per heavy atom. The van der Waals surface area contributed by atoms with Crippen molar-refractivity contribution in [3.05, 3.63) is 84.9 Å². The molecule has 0 saturated heterocycles. The maximum Gasteiger partial charge on any atom is 0.123 e. The van der Waals surface area contributed by atoms with Gasteiger partial charge in [0, 0.05) is 11.1 Å². The van der Waals surface area contributed by atoms with Crippen molar-refractivity contribution in [2.45, 2.75) is 0 Å². The highest BCUT2D eigenvalue weighted by Gasteiger charge is 2.13. The minimum absolute atomic E-state index is 0.247. The van der Waals surface area contributed by atoms with Crippen LogP contribution in [-0.4, -0.2) is 10.2 Å². The Kier molecular flexibility index (Phi) is 3.43. The predicted octanol–water partition coefficient (Wildman–Crippen LogP) is 5.59. The molecular formula is C22H16O2. The van der Waals surface area contributed by atoms with Gasteiger partial charge in [-0.05, 0) is 34.0 Å². The van der Waals surface area contributed by atoms with E-state index in [4.69, 9.17) is 0 Å². The molecule has 0 aromatic heterocycles. The van der Waals surface area contributed by atoms with E-state index < -0.39 is 0 Å². The van der Waals surface area contributed by atoms with Gasteiger partial charge in [0.2, 0.25) is 0 Å². The van der Waals surface area contributed by atoms with E-state index >= 15 is 0 Å². The van der Waals surface area contributed by atoms with Gasteiger partial charge in [-0.1, -0.05) is 72.8 Å². The Bertz CT molecular complexity index is 954. The van der Waals surface area contributed by atoms with E-state index in [1.165, 1.54) is 0 Å². The van der Waals surface area contributed by atoms with Crippen molar-refractivity contribution in [1.82, 2.24) is 0 Å². The number of hydrogen-bond donors (Lipinski definition) is 2. The summed E-state index contributed by atoms with van der Waals surface area (Å²) < 4.78 is 0. The molecule has 2 nitrogen and oxygen atoms in total. The highest BCUT2D eigenvalue weighted by atomic mass is 16.3. The molecule has 0 aliphatic heterocycles. The molecule has 0 aliphatic carbocycles. The van der Waals surface area contributed by atoms with Crippen LogP contribution in [0.3, 0.4) is 0 Å². The molecule has 24 heavy (non-hydrogen) atoms. The monoisotopic (exact) mass is 312 g/mol. The molecule has 0 amide bonds. The number of phenolic OH excluding ortho intramolecular Hbond substituents is 2. The van der Waals surface area contributed by atoms with E-state index in [9.17, 15) is 10.2 Å². The standard InChI is InChI=1S/C22H16O2/c23-20-13-3-1-9-16(20)18-11-5-7-15-8-6-12-19(22(15)18)17-10-2-4-14-21(17)24/h1-14,23-24H. The molecule has 0 atom stereocenters. The number of hydrogen-bond acceptors (Lipinski definition) is 2. The van der Waals surface area contributed by atoms with Gasteiger partial charge in [0.1, 0.15) is 11.5 Å². The zero-order valence-electron chi connectivity index (χ0n) is 13.0. The van der Waals surface area contributed by atoms with Crippen molar-refractivity contribution < 1.29 is 10.2 Å². The first-order valence-corrected chi connectivity index (χ1v) is 7.84. The lowest BCUT2D eigenvalue weighted by Gasteiger charge is -2.14. The van der Waals surface area contributed by atoms with Crippen LogP contribution in [0, 0.1) is 0 Å². The fourth-order valence-corrected chi connectivity index (χ4v) is 3.19. The number of phenols is 2. The van der Waals surface area contributed by atoms with E-state index in [2.05, 4.69) is 0 Å². The fraction of sp³-hybridized carbons (Fsp3) is 0. The van der Waals surface area contributed by atoms with Gasteiger partial charge in [-0.15, -0.1) is 0 Å². The van der Waals surface area contributed by atoms with Gasteiger partial charge in [-0.3, -0.25) is 0 Å². The fourth-order valence-electron chi connectivity index (χ4n) is 3.19. The van der Waals surface area contributed by atoms with E-state index in [-0.39, 0.29) is 11.5 Å². The van der Waals surface area contributed by atoms with E-state index in [0.29, 0.717) is 0 Å². The Morgan fingerprint density at radius 1 is 0.417 bits per heavy atom. The largest absolute Gasteiger partial charge is 0.507 e. The van der Waals surface area contributed by atoms with Gasteiger partial charge in [0.25, 0.3) is 0 Å². The molecule has 0 unspecified atom stereocenters. The minimum Gasteiger partial charge on any atom is -0.507 e. The topological polar surface area (TPSA) is 40.5 Å². The summed E-state index contributed by atoms with van der Waals surface area (Å²) in [5.41, 5.74) is 3.46. The smallest absolute Gasteiger partial charge is 0.123 e. The van der Waals surface area contributed by atoms with Crippen molar-refractivity contribution in [2.75, 3.05) is 0 Å². The second-order valence-corrected chi connectivity index (χ2v) is 5.74. The Balaban J connectivity index is 2.11. The SMILES string of the molecule is Oc1ccccc1-c1cccc2cccc(-c3ccccc3O)c12. The summed E-state index contributed by atoms with van der Waals surface area (Å²) in [4.78, 5) is 0. The third kappa shape index (κ3) is 2.29. The van der Waals surface area contributed by atoms with E-state index in [1.807, 2.05) is 72.8 Å². The number of rotatable bonds is 2. The Hall–Kier alpha value is -3.26. The molecule has 0 bridgehead atoms. The normalized spacial score (nSPS) is 10.8. The van der Waals surface area contributed by atoms with Gasteiger partial charge >= 0.3 is 0 Å². The van der Waals surface area contributed by atoms with Crippen molar-refractivity contribution >= 4 is 10.8 Å². The predicted molar refractivity (Wildman–Crippen MR) is 98.1 cm³/mol. The van der Waals surface area contributed by atoms with Gasteiger partial charge in [0.05, 0.1) is 0 Å². The molecule has 4 rings (SSSR count). The highest BCUT2D eigenvalue weighted by Crippen LogP contribution is 2.41. The van der Waals surface area contributed by atoms with Crippen molar-refractivity contribution in [3.63, 3.8) is 0 Å². The van der Waals surface area contributed by atoms with Crippen LogP contribution in [-0.2, 0) is 0 Å². The lowest BCUT2D eigenvalue weighted by molar-refractivity contribution is 0.477. The maximum absolute atomic E-state index is 10.3. The zero-order valence-corrected chi connectivity index (χ0v) is 13.0. The number of aromatic hydroxyl groups is 2. The third-order valence-electron chi connectivity index (χ3n) is 4.29. The molecular weight excluding hydrogens is 296 g/mol. The van der Waals surface area contributed by atoms with Crippen LogP contribution in [0.4, 0.5) is 0 Å². The summed E-state index contributed by atoms with van der Waals surface area (Å²) in [5.74, 6) is 0.495. The molecule has 116 valence electrons. The molecule has 0 radical (unpaired) electrons. The average molecular weight is 312 g/mol. The second-order valence-electron chi connectivity index (χ2n) is 5.74. The molecule has 0 heterocycles. The lowest BCUT2D eigenvalue weighted by atomic mass is 9.91. The first-order valence-electron chi connectivity index (χ1n) is 7.84. The number of fused-ring (bicyclic) bond motifs is 1. The summed E-state index contributed by atoms with van der Waals surface area (Å²) in [6.45, 7) is 0. The average Bonchev–Trinajstić information content (AvgIpc) is 2.62. The van der Waals surface area contributed by atoms with Crippen molar-refractivity contribution in [2.24, 2.45) is 0 Å². The first-order chi connectivity index (χ1) is 11.8. The van der Waals surface area contributed by atoms with Gasteiger partial charge in [0.15, 0.2) is 0 Å². The second kappa shape index (κ2) is 5.74. The molecule has 0 fully saturated rings. The quantitative estimate of drug-likeness (QED) is 0.507. The van der Waals surface area contributed by atoms with Crippen LogP contribution in [0.15, 0.2) is 84.9 Å². The number of benzene rings is 4. The third-order valence-corrected chi connectivity index (χ3v) is 4.29. The van der Waals surface area contributed by atoms with Crippen molar-refractivity contribution in [1.29, 1.82) is 0 Å². The summed E-state index contributed by atoms with van der Waals surface area (Å²) in [6, 6.07) is 26.7. The molecule has 0 aliphatic rings. The van der Waals surface area contributed by atoms with Crippen LogP contribution < -0.4 is 0 Å². The van der Waals surface area contributed by atoms with Crippen LogP contribution >= 0.6 is 0 Å². The first kappa shape index (κ1) is 14.3. The summed E-state index contributed by atoms with van der Waals surface area (Å²) in [7, 11) is 0. The summed E-state index contributed by atoms with van der Waals surface area (Å²) >= 11 is 0. The lowest BCUT2D eigenvalue weighted by Crippen LogP contribution is -1.87. The molecule has 2 N–H and O–H groups in total. The summed E-state index contributed by atoms with van der Waals surface area (Å²) in [6.07, 6.45) is 0. The van der Waals surface area contributed by atoms with Gasteiger partial charge < -0.3 is 10.2 Å². The van der Waals surface area contributed by atoms with Crippen LogP contribution in [0.25, 0.3) is 33.0 Å². The van der Waals surface area contributed by atoms with Gasteiger partial charge in [-0.2, -0.15) is 0 Å². The van der Waals surface area contributed by atoms with Crippen LogP contribution in [0.2, 0.25) is 0 Å².